The van der Waals surface area contributed by atoms with Crippen LogP contribution in [0.1, 0.15) is 25.5 Å². The summed E-state index contributed by atoms with van der Waals surface area (Å²) in [6.45, 7) is 7.21. The second kappa shape index (κ2) is 8.86. The number of nitrogens with one attached hydrogen (secondary N) is 2. The van der Waals surface area contributed by atoms with Gasteiger partial charge in [0, 0.05) is 19.6 Å². The Labute approximate surface area is 131 Å². The maximum atomic E-state index is 5.38. The summed E-state index contributed by atoms with van der Waals surface area (Å²) in [7, 11) is 0. The second-order valence-corrected chi connectivity index (χ2v) is 5.37. The van der Waals surface area contributed by atoms with Gasteiger partial charge in [-0.2, -0.15) is 0 Å². The summed E-state index contributed by atoms with van der Waals surface area (Å²) in [4.78, 5) is 11.6. The van der Waals surface area contributed by atoms with Gasteiger partial charge in [-0.1, -0.05) is 25.6 Å². The van der Waals surface area contributed by atoms with Crippen LogP contribution >= 0.6 is 12.2 Å². The molecular weight excluding hydrogens is 286 g/mol. The number of rotatable bonds is 7. The highest BCUT2D eigenvalue weighted by molar-refractivity contribution is 7.80. The lowest BCUT2D eigenvalue weighted by Gasteiger charge is -2.27. The highest BCUT2D eigenvalue weighted by Gasteiger charge is 2.11. The normalized spacial score (nSPS) is 15.7. The van der Waals surface area contributed by atoms with E-state index in [0.29, 0.717) is 10.7 Å². The molecule has 1 aromatic heterocycles. The van der Waals surface area contributed by atoms with Gasteiger partial charge in [-0.25, -0.2) is 4.98 Å². The minimum atomic E-state index is 0.633. The lowest BCUT2D eigenvalue weighted by Crippen LogP contribution is -2.43. The van der Waals surface area contributed by atoms with Crippen molar-refractivity contribution in [2.45, 2.75) is 19.8 Å². The van der Waals surface area contributed by atoms with Gasteiger partial charge in [-0.3, -0.25) is 9.88 Å². The third-order valence-electron chi connectivity index (χ3n) is 3.27. The zero-order chi connectivity index (χ0) is 14.9. The number of anilines is 1. The lowest BCUT2D eigenvalue weighted by atomic mass is 10.3. The molecule has 1 saturated heterocycles. The Balaban J connectivity index is 1.82. The Hall–Kier alpha value is -1.31. The van der Waals surface area contributed by atoms with Gasteiger partial charge in [-0.05, 0) is 6.42 Å². The van der Waals surface area contributed by atoms with Crippen molar-refractivity contribution >= 4 is 23.0 Å². The highest BCUT2D eigenvalue weighted by atomic mass is 32.1. The van der Waals surface area contributed by atoms with E-state index in [2.05, 4.69) is 32.4 Å². The molecule has 116 valence electrons. The van der Waals surface area contributed by atoms with E-state index in [-0.39, 0.29) is 0 Å². The number of morpholine rings is 1. The van der Waals surface area contributed by atoms with E-state index in [1.165, 1.54) is 0 Å². The molecule has 0 aliphatic carbocycles. The summed E-state index contributed by atoms with van der Waals surface area (Å²) in [5.41, 5.74) is 0.708. The van der Waals surface area contributed by atoms with Crippen LogP contribution in [0.25, 0.3) is 0 Å². The largest absolute Gasteiger partial charge is 0.379 e. The third kappa shape index (κ3) is 5.53. The van der Waals surface area contributed by atoms with Crippen molar-refractivity contribution in [3.63, 3.8) is 0 Å². The molecule has 1 fully saturated rings. The number of ether oxygens (including phenoxy) is 1. The summed E-state index contributed by atoms with van der Waals surface area (Å²) < 4.78 is 5.32. The molecule has 7 heteroatoms. The second-order valence-electron chi connectivity index (χ2n) is 4.96. The molecule has 2 rings (SSSR count). The highest BCUT2D eigenvalue weighted by Crippen LogP contribution is 2.04. The molecule has 1 aromatic rings. The summed E-state index contributed by atoms with van der Waals surface area (Å²) in [6, 6.07) is 0. The van der Waals surface area contributed by atoms with Crippen molar-refractivity contribution in [2.24, 2.45) is 0 Å². The van der Waals surface area contributed by atoms with Crippen LogP contribution in [0.15, 0.2) is 12.4 Å². The number of aromatic nitrogens is 2. The smallest absolute Gasteiger partial charge is 0.145 e. The van der Waals surface area contributed by atoms with Crippen molar-refractivity contribution in [3.8, 4) is 0 Å². The van der Waals surface area contributed by atoms with Crippen molar-refractivity contribution in [1.82, 2.24) is 20.2 Å². The zero-order valence-electron chi connectivity index (χ0n) is 12.5. The average Bonchev–Trinajstić information content (AvgIpc) is 2.54. The molecule has 2 N–H and O–H groups in total. The zero-order valence-corrected chi connectivity index (χ0v) is 13.3. The van der Waals surface area contributed by atoms with Gasteiger partial charge in [0.1, 0.15) is 16.5 Å². The van der Waals surface area contributed by atoms with Crippen LogP contribution in [-0.4, -0.2) is 59.4 Å². The monoisotopic (exact) mass is 309 g/mol. The van der Waals surface area contributed by atoms with E-state index in [4.69, 9.17) is 17.0 Å². The van der Waals surface area contributed by atoms with E-state index in [1.54, 1.807) is 12.4 Å². The summed E-state index contributed by atoms with van der Waals surface area (Å²) in [5.74, 6) is 0.775. The molecule has 0 spiro atoms. The molecule has 21 heavy (non-hydrogen) atoms. The van der Waals surface area contributed by atoms with Gasteiger partial charge >= 0.3 is 0 Å². The molecule has 6 nitrogen and oxygen atoms in total. The van der Waals surface area contributed by atoms with E-state index >= 15 is 0 Å². The fraction of sp³-hybridized carbons (Fsp3) is 0.643. The number of nitrogens with zero attached hydrogens (tertiary/aromatic N) is 3. The molecule has 0 saturated carbocycles. The topological polar surface area (TPSA) is 62.3 Å². The van der Waals surface area contributed by atoms with Crippen LogP contribution in [0, 0.1) is 0 Å². The average molecular weight is 309 g/mol. The van der Waals surface area contributed by atoms with E-state index < -0.39 is 0 Å². The van der Waals surface area contributed by atoms with Crippen molar-refractivity contribution in [2.75, 3.05) is 44.8 Å². The van der Waals surface area contributed by atoms with Crippen molar-refractivity contribution < 1.29 is 4.74 Å². The first-order valence-electron chi connectivity index (χ1n) is 7.44. The summed E-state index contributed by atoms with van der Waals surface area (Å²) >= 11 is 5.38. The molecule has 0 unspecified atom stereocenters. The standard InChI is InChI=1S/C14H23N5OS/c1-2-3-4-16-13-10-15-9-12(18-13)14(21)17-11-19-5-7-20-8-6-19/h9-10H,2-8,11H2,1H3,(H,16,18)(H,17,21). The molecule has 0 atom stereocenters. The van der Waals surface area contributed by atoms with Crippen LogP contribution in [-0.2, 0) is 4.74 Å². The van der Waals surface area contributed by atoms with Crippen LogP contribution < -0.4 is 10.6 Å². The van der Waals surface area contributed by atoms with Crippen LogP contribution in [0.2, 0.25) is 0 Å². The van der Waals surface area contributed by atoms with Gasteiger partial charge < -0.3 is 15.4 Å². The molecule has 0 amide bonds. The van der Waals surface area contributed by atoms with Gasteiger partial charge in [0.2, 0.25) is 0 Å². The number of hydrogen-bond acceptors (Lipinski definition) is 6. The Bertz CT molecular complexity index is 451. The quantitative estimate of drug-likeness (QED) is 0.580. The third-order valence-corrected chi connectivity index (χ3v) is 3.62. The fourth-order valence-corrected chi connectivity index (χ4v) is 2.15. The Morgan fingerprint density at radius 2 is 2.19 bits per heavy atom. The Morgan fingerprint density at radius 3 is 2.95 bits per heavy atom. The molecule has 2 heterocycles. The summed E-state index contributed by atoms with van der Waals surface area (Å²) in [6.07, 6.45) is 5.69. The minimum absolute atomic E-state index is 0.633. The van der Waals surface area contributed by atoms with Gasteiger partial charge in [0.15, 0.2) is 0 Å². The van der Waals surface area contributed by atoms with Gasteiger partial charge in [-0.15, -0.1) is 0 Å². The first-order valence-corrected chi connectivity index (χ1v) is 7.84. The van der Waals surface area contributed by atoms with Crippen molar-refractivity contribution in [1.29, 1.82) is 0 Å². The van der Waals surface area contributed by atoms with Gasteiger partial charge in [0.05, 0.1) is 32.3 Å². The number of unbranched alkanes of at least 4 members (excludes halogenated alkanes) is 1. The molecule has 1 aliphatic rings. The lowest BCUT2D eigenvalue weighted by molar-refractivity contribution is 0.0368. The first-order chi connectivity index (χ1) is 10.3. The van der Waals surface area contributed by atoms with Crippen LogP contribution in [0.3, 0.4) is 0 Å². The van der Waals surface area contributed by atoms with E-state index in [0.717, 1.165) is 58.2 Å². The minimum Gasteiger partial charge on any atom is -0.379 e. The molecule has 0 aromatic carbocycles. The van der Waals surface area contributed by atoms with Crippen molar-refractivity contribution in [3.05, 3.63) is 18.1 Å². The maximum absolute atomic E-state index is 5.38. The maximum Gasteiger partial charge on any atom is 0.145 e. The fourth-order valence-electron chi connectivity index (χ4n) is 1.99. The predicted molar refractivity (Wildman–Crippen MR) is 87.5 cm³/mol. The van der Waals surface area contributed by atoms with Crippen LogP contribution in [0.4, 0.5) is 5.82 Å². The summed E-state index contributed by atoms with van der Waals surface area (Å²) in [5, 5.41) is 6.49. The molecular formula is C14H23N5OS. The molecule has 0 bridgehead atoms. The first kappa shape index (κ1) is 16.1. The van der Waals surface area contributed by atoms with E-state index in [9.17, 15) is 0 Å². The Morgan fingerprint density at radius 1 is 1.38 bits per heavy atom. The van der Waals surface area contributed by atoms with E-state index in [1.807, 2.05) is 0 Å². The van der Waals surface area contributed by atoms with Crippen LogP contribution in [0.5, 0.6) is 0 Å². The Kier molecular flexibility index (Phi) is 6.78. The molecule has 1 aliphatic heterocycles. The number of thiocarbonyl (C=S) groups is 1. The SMILES string of the molecule is CCCCNc1cncc(C(=S)NCN2CCOCC2)n1. The predicted octanol–water partition coefficient (Wildman–Crippen LogP) is 1.24. The van der Waals surface area contributed by atoms with Gasteiger partial charge in [0.25, 0.3) is 0 Å². The number of hydrogen-bond donors (Lipinski definition) is 2. The molecule has 0 radical (unpaired) electrons.